The van der Waals surface area contributed by atoms with Gasteiger partial charge in [0.15, 0.2) is 0 Å². The fourth-order valence-corrected chi connectivity index (χ4v) is 2.64. The van der Waals surface area contributed by atoms with Gasteiger partial charge >= 0.3 is 0 Å². The Kier molecular flexibility index (Phi) is 6.19. The van der Waals surface area contributed by atoms with E-state index in [9.17, 15) is 20.2 Å². The number of hydrogen-bond acceptors (Lipinski definition) is 5. The van der Waals surface area contributed by atoms with Gasteiger partial charge in [0.2, 0.25) is 0 Å². The number of nitrogens with zero attached hydrogens (tertiary/aromatic N) is 2. The van der Waals surface area contributed by atoms with Crippen molar-refractivity contribution < 1.29 is 14.6 Å². The Morgan fingerprint density at radius 3 is 1.32 bits per heavy atom. The zero-order chi connectivity index (χ0) is 18.4. The first-order chi connectivity index (χ1) is 12.0. The summed E-state index contributed by atoms with van der Waals surface area (Å²) in [5, 5.41) is 21.5. The second-order valence-corrected chi connectivity index (χ2v) is 5.63. The molecule has 0 heterocycles. The molecule has 0 radical (unpaired) electrons. The molecule has 2 atom stereocenters. The fourth-order valence-electron chi connectivity index (χ4n) is 2.64. The second-order valence-electron chi connectivity index (χ2n) is 5.63. The lowest BCUT2D eigenvalue weighted by atomic mass is 10.0. The Morgan fingerprint density at radius 2 is 1.08 bits per heavy atom. The maximum absolute atomic E-state index is 10.8. The van der Waals surface area contributed by atoms with Gasteiger partial charge in [0.25, 0.3) is 11.4 Å². The van der Waals surface area contributed by atoms with E-state index in [4.69, 9.17) is 4.74 Å². The molecule has 0 aliphatic carbocycles. The van der Waals surface area contributed by atoms with Crippen molar-refractivity contribution in [1.82, 2.24) is 0 Å². The smallest absolute Gasteiger partial charge is 0.269 e. The van der Waals surface area contributed by atoms with Gasteiger partial charge in [-0.25, -0.2) is 0 Å². The highest BCUT2D eigenvalue weighted by Crippen LogP contribution is 2.32. The van der Waals surface area contributed by atoms with E-state index in [0.29, 0.717) is 12.8 Å². The molecule has 0 bridgehead atoms. The SMILES string of the molecule is CCC(OC(CC)c1ccc([N+](=O)[O-])cc1)c1ccc([N+](=O)[O-])cc1. The number of hydrogen-bond donors (Lipinski definition) is 0. The van der Waals surface area contributed by atoms with Crippen molar-refractivity contribution in [2.75, 3.05) is 0 Å². The second kappa shape index (κ2) is 8.34. The van der Waals surface area contributed by atoms with E-state index in [1.807, 2.05) is 13.8 Å². The van der Waals surface area contributed by atoms with E-state index in [2.05, 4.69) is 0 Å². The van der Waals surface area contributed by atoms with Crippen molar-refractivity contribution in [1.29, 1.82) is 0 Å². The summed E-state index contributed by atoms with van der Waals surface area (Å²) < 4.78 is 6.18. The molecule has 2 aromatic rings. The molecule has 0 saturated carbocycles. The zero-order valence-electron chi connectivity index (χ0n) is 14.1. The Bertz CT molecular complexity index is 665. The number of benzene rings is 2. The van der Waals surface area contributed by atoms with Gasteiger partial charge in [-0.05, 0) is 48.2 Å². The minimum atomic E-state index is -0.433. The quantitative estimate of drug-likeness (QED) is 0.489. The number of non-ortho nitro benzene ring substituents is 2. The summed E-state index contributed by atoms with van der Waals surface area (Å²) in [6.45, 7) is 3.96. The van der Waals surface area contributed by atoms with Crippen LogP contribution in [-0.2, 0) is 4.74 Å². The lowest BCUT2D eigenvalue weighted by Gasteiger charge is -2.24. The van der Waals surface area contributed by atoms with Gasteiger partial charge in [-0.1, -0.05) is 13.8 Å². The maximum Gasteiger partial charge on any atom is 0.269 e. The maximum atomic E-state index is 10.8. The van der Waals surface area contributed by atoms with Crippen LogP contribution in [-0.4, -0.2) is 9.85 Å². The molecule has 7 nitrogen and oxygen atoms in total. The first-order valence-corrected chi connectivity index (χ1v) is 8.10. The van der Waals surface area contributed by atoms with E-state index in [1.54, 1.807) is 24.3 Å². The molecule has 2 unspecified atom stereocenters. The predicted octanol–water partition coefficient (Wildman–Crippen LogP) is 5.12. The molecule has 0 spiro atoms. The summed E-state index contributed by atoms with van der Waals surface area (Å²) in [6.07, 6.45) is 1.00. The van der Waals surface area contributed by atoms with E-state index in [-0.39, 0.29) is 23.6 Å². The highest BCUT2D eigenvalue weighted by Gasteiger charge is 2.19. The van der Waals surface area contributed by atoms with Crippen LogP contribution in [0.1, 0.15) is 50.0 Å². The average Bonchev–Trinajstić information content (AvgIpc) is 2.63. The van der Waals surface area contributed by atoms with Crippen molar-refractivity contribution in [2.45, 2.75) is 38.9 Å². The van der Waals surface area contributed by atoms with Crippen molar-refractivity contribution in [3.05, 3.63) is 79.9 Å². The Morgan fingerprint density at radius 1 is 0.760 bits per heavy atom. The summed E-state index contributed by atoms with van der Waals surface area (Å²) in [6, 6.07) is 12.7. The van der Waals surface area contributed by atoms with E-state index in [1.165, 1.54) is 24.3 Å². The minimum absolute atomic E-state index is 0.0426. The number of nitro benzene ring substituents is 2. The van der Waals surface area contributed by atoms with Crippen LogP contribution < -0.4 is 0 Å². The molecule has 0 aromatic heterocycles. The monoisotopic (exact) mass is 344 g/mol. The van der Waals surface area contributed by atoms with Gasteiger partial charge in [0.1, 0.15) is 0 Å². The van der Waals surface area contributed by atoms with Crippen molar-refractivity contribution >= 4 is 11.4 Å². The predicted molar refractivity (Wildman–Crippen MR) is 93.3 cm³/mol. The summed E-state index contributed by atoms with van der Waals surface area (Å²) >= 11 is 0. The van der Waals surface area contributed by atoms with Gasteiger partial charge in [0, 0.05) is 24.3 Å². The third kappa shape index (κ3) is 4.60. The lowest BCUT2D eigenvalue weighted by Crippen LogP contribution is -2.10. The molecular weight excluding hydrogens is 324 g/mol. The van der Waals surface area contributed by atoms with Crippen LogP contribution in [0.2, 0.25) is 0 Å². The summed E-state index contributed by atoms with van der Waals surface area (Å²) in [5.74, 6) is 0. The van der Waals surface area contributed by atoms with Crippen LogP contribution >= 0.6 is 0 Å². The van der Waals surface area contributed by atoms with Crippen LogP contribution in [0.3, 0.4) is 0 Å². The van der Waals surface area contributed by atoms with Crippen LogP contribution in [0.4, 0.5) is 11.4 Å². The summed E-state index contributed by atoms with van der Waals surface area (Å²) in [5.41, 5.74) is 1.82. The Labute approximate surface area is 145 Å². The van der Waals surface area contributed by atoms with Crippen molar-refractivity contribution in [3.63, 3.8) is 0 Å². The molecular formula is C18H20N2O5. The van der Waals surface area contributed by atoms with Gasteiger partial charge in [-0.3, -0.25) is 20.2 Å². The molecule has 25 heavy (non-hydrogen) atoms. The van der Waals surface area contributed by atoms with Crippen molar-refractivity contribution in [3.8, 4) is 0 Å². The zero-order valence-corrected chi connectivity index (χ0v) is 14.1. The van der Waals surface area contributed by atoms with Crippen LogP contribution in [0.15, 0.2) is 48.5 Å². The summed E-state index contributed by atoms with van der Waals surface area (Å²) in [7, 11) is 0. The molecule has 0 amide bonds. The van der Waals surface area contributed by atoms with E-state index in [0.717, 1.165) is 11.1 Å². The molecule has 0 aliphatic heterocycles. The summed E-state index contributed by atoms with van der Waals surface area (Å²) in [4.78, 5) is 20.7. The van der Waals surface area contributed by atoms with Gasteiger partial charge in [-0.15, -0.1) is 0 Å². The normalized spacial score (nSPS) is 13.2. The molecule has 0 N–H and O–H groups in total. The van der Waals surface area contributed by atoms with Gasteiger partial charge in [0.05, 0.1) is 22.1 Å². The number of rotatable bonds is 8. The molecule has 2 aromatic carbocycles. The number of nitro groups is 2. The lowest BCUT2D eigenvalue weighted by molar-refractivity contribution is -0.385. The fraction of sp³-hybridized carbons (Fsp3) is 0.333. The first-order valence-electron chi connectivity index (χ1n) is 8.10. The highest BCUT2D eigenvalue weighted by atomic mass is 16.6. The largest absolute Gasteiger partial charge is 0.366 e. The number of ether oxygens (including phenoxy) is 1. The minimum Gasteiger partial charge on any atom is -0.366 e. The third-order valence-electron chi connectivity index (χ3n) is 4.02. The average molecular weight is 344 g/mol. The molecule has 2 rings (SSSR count). The van der Waals surface area contributed by atoms with E-state index < -0.39 is 9.85 Å². The van der Waals surface area contributed by atoms with Crippen LogP contribution in [0, 0.1) is 20.2 Å². The molecule has 0 fully saturated rings. The van der Waals surface area contributed by atoms with Gasteiger partial charge < -0.3 is 4.74 Å². The molecule has 0 saturated heterocycles. The molecule has 7 heteroatoms. The van der Waals surface area contributed by atoms with Crippen molar-refractivity contribution in [2.24, 2.45) is 0 Å². The van der Waals surface area contributed by atoms with Crippen LogP contribution in [0.25, 0.3) is 0 Å². The van der Waals surface area contributed by atoms with E-state index >= 15 is 0 Å². The highest BCUT2D eigenvalue weighted by molar-refractivity contribution is 5.35. The topological polar surface area (TPSA) is 95.5 Å². The Hall–Kier alpha value is -2.80. The molecule has 0 aliphatic rings. The van der Waals surface area contributed by atoms with Gasteiger partial charge in [-0.2, -0.15) is 0 Å². The Balaban J connectivity index is 2.17. The standard InChI is InChI=1S/C18H20N2O5/c1-3-17(13-5-9-15(10-6-13)19(21)22)25-18(4-2)14-7-11-16(12-8-14)20(23)24/h5-12,17-18H,3-4H2,1-2H3. The van der Waals surface area contributed by atoms with Crippen LogP contribution in [0.5, 0.6) is 0 Å². The first kappa shape index (κ1) is 18.5. The third-order valence-corrected chi connectivity index (χ3v) is 4.02. The molecule has 132 valence electrons.